The molecule has 0 heterocycles. The van der Waals surface area contributed by atoms with E-state index in [0.29, 0.717) is 5.69 Å². The number of carbonyl (C=O) groups excluding carboxylic acids is 2. The van der Waals surface area contributed by atoms with Crippen LogP contribution >= 0.6 is 0 Å². The molecule has 1 atom stereocenters. The van der Waals surface area contributed by atoms with Crippen LogP contribution in [0.2, 0.25) is 0 Å². The molecule has 1 unspecified atom stereocenters. The maximum Gasteiger partial charge on any atom is 0.313 e. The summed E-state index contributed by atoms with van der Waals surface area (Å²) in [5, 5.41) is 14.3. The lowest BCUT2D eigenvalue weighted by atomic mass is 10.1. The van der Waals surface area contributed by atoms with Crippen LogP contribution < -0.4 is 10.6 Å². The molecule has 0 aliphatic carbocycles. The second-order valence-electron chi connectivity index (χ2n) is 6.17. The zero-order chi connectivity index (χ0) is 19.6. The lowest BCUT2D eigenvalue weighted by Gasteiger charge is -2.19. The third kappa shape index (κ3) is 6.20. The minimum atomic E-state index is -0.731. The quantitative estimate of drug-likeness (QED) is 0.623. The molecule has 0 radical (unpaired) electrons. The highest BCUT2D eigenvalue weighted by atomic mass is 16.5. The molecule has 0 fully saturated rings. The van der Waals surface area contributed by atoms with Crippen molar-refractivity contribution in [1.82, 2.24) is 5.32 Å². The van der Waals surface area contributed by atoms with E-state index in [1.54, 1.807) is 6.07 Å². The van der Waals surface area contributed by atoms with E-state index >= 15 is 0 Å². The van der Waals surface area contributed by atoms with E-state index in [9.17, 15) is 9.59 Å². The molecule has 144 valence electrons. The number of anilines is 1. The Morgan fingerprint density at radius 2 is 1.78 bits per heavy atom. The SMILES string of the molecule is CCc1ccccc1NC(=O)C(=O)NCC(OCCO)c1ccc(C)cc1. The predicted octanol–water partition coefficient (Wildman–Crippen LogP) is 2.36. The summed E-state index contributed by atoms with van der Waals surface area (Å²) >= 11 is 0. The monoisotopic (exact) mass is 370 g/mol. The van der Waals surface area contributed by atoms with Gasteiger partial charge in [-0.3, -0.25) is 9.59 Å². The van der Waals surface area contributed by atoms with Crippen molar-refractivity contribution < 1.29 is 19.4 Å². The van der Waals surface area contributed by atoms with Crippen molar-refractivity contribution in [3.63, 3.8) is 0 Å². The fourth-order valence-corrected chi connectivity index (χ4v) is 2.64. The number of aryl methyl sites for hydroxylation is 2. The highest BCUT2D eigenvalue weighted by Crippen LogP contribution is 2.18. The number of benzene rings is 2. The van der Waals surface area contributed by atoms with E-state index in [-0.39, 0.29) is 19.8 Å². The van der Waals surface area contributed by atoms with Crippen molar-refractivity contribution in [3.8, 4) is 0 Å². The molecule has 2 aromatic carbocycles. The highest BCUT2D eigenvalue weighted by Gasteiger charge is 2.18. The maximum absolute atomic E-state index is 12.2. The first kappa shape index (κ1) is 20.6. The molecule has 0 aliphatic rings. The van der Waals surface area contributed by atoms with Crippen LogP contribution in [0.15, 0.2) is 48.5 Å². The summed E-state index contributed by atoms with van der Waals surface area (Å²) in [5.41, 5.74) is 3.57. The van der Waals surface area contributed by atoms with Gasteiger partial charge in [0.05, 0.1) is 19.3 Å². The Kier molecular flexibility index (Phi) is 7.98. The van der Waals surface area contributed by atoms with Gasteiger partial charge in [-0.05, 0) is 30.5 Å². The highest BCUT2D eigenvalue weighted by molar-refractivity contribution is 6.39. The van der Waals surface area contributed by atoms with Gasteiger partial charge in [0.1, 0.15) is 0 Å². The van der Waals surface area contributed by atoms with Gasteiger partial charge in [0.2, 0.25) is 0 Å². The second-order valence-corrected chi connectivity index (χ2v) is 6.17. The fraction of sp³-hybridized carbons (Fsp3) is 0.333. The molecular weight excluding hydrogens is 344 g/mol. The summed E-state index contributed by atoms with van der Waals surface area (Å²) in [7, 11) is 0. The number of para-hydroxylation sites is 1. The normalized spacial score (nSPS) is 11.7. The Hall–Kier alpha value is -2.70. The van der Waals surface area contributed by atoms with E-state index < -0.39 is 17.9 Å². The van der Waals surface area contributed by atoms with Gasteiger partial charge < -0.3 is 20.5 Å². The number of rotatable bonds is 8. The molecule has 0 saturated heterocycles. The summed E-state index contributed by atoms with van der Waals surface area (Å²) in [4.78, 5) is 24.4. The van der Waals surface area contributed by atoms with Gasteiger partial charge in [-0.15, -0.1) is 0 Å². The molecule has 0 aromatic heterocycles. The largest absolute Gasteiger partial charge is 0.394 e. The van der Waals surface area contributed by atoms with Crippen LogP contribution in [0.3, 0.4) is 0 Å². The standard InChI is InChI=1S/C21H26N2O4/c1-3-16-6-4-5-7-18(16)23-21(26)20(25)22-14-19(27-13-12-24)17-10-8-15(2)9-11-17/h4-11,19,24H,3,12-14H2,1-2H3,(H,22,25)(H,23,26). The van der Waals surface area contributed by atoms with Crippen molar-refractivity contribution in [3.05, 3.63) is 65.2 Å². The molecule has 2 aromatic rings. The molecule has 0 saturated carbocycles. The Morgan fingerprint density at radius 1 is 1.07 bits per heavy atom. The van der Waals surface area contributed by atoms with E-state index in [4.69, 9.17) is 9.84 Å². The van der Waals surface area contributed by atoms with Gasteiger partial charge in [0.25, 0.3) is 0 Å². The molecule has 2 rings (SSSR count). The summed E-state index contributed by atoms with van der Waals surface area (Å²) in [6.45, 7) is 4.11. The number of aliphatic hydroxyl groups is 1. The second kappa shape index (κ2) is 10.4. The van der Waals surface area contributed by atoms with E-state index in [1.165, 1.54) is 0 Å². The summed E-state index contributed by atoms with van der Waals surface area (Å²) < 4.78 is 5.61. The molecular formula is C21H26N2O4. The predicted molar refractivity (Wildman–Crippen MR) is 104 cm³/mol. The van der Waals surface area contributed by atoms with Gasteiger partial charge in [0.15, 0.2) is 0 Å². The Morgan fingerprint density at radius 3 is 2.44 bits per heavy atom. The van der Waals surface area contributed by atoms with Crippen molar-refractivity contribution in [1.29, 1.82) is 0 Å². The maximum atomic E-state index is 12.2. The molecule has 0 aliphatic heterocycles. The van der Waals surface area contributed by atoms with Gasteiger partial charge in [-0.2, -0.15) is 0 Å². The molecule has 6 heteroatoms. The van der Waals surface area contributed by atoms with Gasteiger partial charge in [-0.25, -0.2) is 0 Å². The number of nitrogens with one attached hydrogen (secondary N) is 2. The van der Waals surface area contributed by atoms with Crippen LogP contribution in [-0.2, 0) is 20.7 Å². The lowest BCUT2D eigenvalue weighted by molar-refractivity contribution is -0.136. The molecule has 27 heavy (non-hydrogen) atoms. The van der Waals surface area contributed by atoms with Crippen LogP contribution in [0.4, 0.5) is 5.69 Å². The average Bonchev–Trinajstić information content (AvgIpc) is 2.69. The molecule has 3 N–H and O–H groups in total. The van der Waals surface area contributed by atoms with Crippen LogP contribution in [0.1, 0.15) is 29.7 Å². The Balaban J connectivity index is 1.97. The molecule has 0 spiro atoms. The minimum Gasteiger partial charge on any atom is -0.394 e. The van der Waals surface area contributed by atoms with Gasteiger partial charge in [0, 0.05) is 12.2 Å². The zero-order valence-corrected chi connectivity index (χ0v) is 15.7. The number of aliphatic hydroxyl groups excluding tert-OH is 1. The van der Waals surface area contributed by atoms with E-state index in [2.05, 4.69) is 10.6 Å². The summed E-state index contributed by atoms with van der Waals surface area (Å²) in [6.07, 6.45) is 0.306. The zero-order valence-electron chi connectivity index (χ0n) is 15.7. The lowest BCUT2D eigenvalue weighted by Crippen LogP contribution is -2.38. The topological polar surface area (TPSA) is 87.7 Å². The first-order valence-electron chi connectivity index (χ1n) is 9.01. The Bertz CT molecular complexity index is 759. The van der Waals surface area contributed by atoms with Gasteiger partial charge >= 0.3 is 11.8 Å². The van der Waals surface area contributed by atoms with Crippen LogP contribution in [0.5, 0.6) is 0 Å². The third-order valence-corrected chi connectivity index (χ3v) is 4.16. The first-order valence-corrected chi connectivity index (χ1v) is 9.01. The van der Waals surface area contributed by atoms with Crippen molar-refractivity contribution in [2.45, 2.75) is 26.4 Å². The average molecular weight is 370 g/mol. The Labute approximate surface area is 159 Å². The van der Waals surface area contributed by atoms with Crippen LogP contribution in [0, 0.1) is 6.92 Å². The van der Waals surface area contributed by atoms with Crippen LogP contribution in [0.25, 0.3) is 0 Å². The first-order chi connectivity index (χ1) is 13.0. The minimum absolute atomic E-state index is 0.120. The van der Waals surface area contributed by atoms with Crippen molar-refractivity contribution in [2.24, 2.45) is 0 Å². The number of ether oxygens (including phenoxy) is 1. The molecule has 2 amide bonds. The van der Waals surface area contributed by atoms with E-state index in [0.717, 1.165) is 23.1 Å². The van der Waals surface area contributed by atoms with Crippen LogP contribution in [-0.4, -0.2) is 36.7 Å². The third-order valence-electron chi connectivity index (χ3n) is 4.16. The van der Waals surface area contributed by atoms with Gasteiger partial charge in [-0.1, -0.05) is 55.0 Å². The fourth-order valence-electron chi connectivity index (χ4n) is 2.64. The number of amides is 2. The number of carbonyl (C=O) groups is 2. The molecule has 0 bridgehead atoms. The smallest absolute Gasteiger partial charge is 0.313 e. The van der Waals surface area contributed by atoms with E-state index in [1.807, 2.05) is 56.3 Å². The summed E-state index contributed by atoms with van der Waals surface area (Å²) in [6, 6.07) is 15.1. The molecule has 6 nitrogen and oxygen atoms in total. The van der Waals surface area contributed by atoms with Crippen molar-refractivity contribution >= 4 is 17.5 Å². The summed E-state index contributed by atoms with van der Waals surface area (Å²) in [5.74, 6) is -1.45. The number of hydrogen-bond acceptors (Lipinski definition) is 4. The number of hydrogen-bond donors (Lipinski definition) is 3. The van der Waals surface area contributed by atoms with Crippen molar-refractivity contribution in [2.75, 3.05) is 25.1 Å².